The number of aliphatic carboxylic acids is 1. The maximum atomic E-state index is 12.2. The van der Waals surface area contributed by atoms with Crippen molar-refractivity contribution in [2.24, 2.45) is 5.92 Å². The molecule has 5 nitrogen and oxygen atoms in total. The number of nitrogens with zero attached hydrogens (tertiary/aromatic N) is 2. The Kier molecular flexibility index (Phi) is 5.44. The molecule has 2 atom stereocenters. The fourth-order valence-corrected chi connectivity index (χ4v) is 2.45. The van der Waals surface area contributed by atoms with E-state index in [1.807, 2.05) is 6.92 Å². The molecule has 1 fully saturated rings. The second kappa shape index (κ2) is 6.61. The smallest absolute Gasteiger partial charge is 0.326 e. The van der Waals surface area contributed by atoms with Crippen LogP contribution in [0.4, 0.5) is 4.79 Å². The molecule has 0 aromatic heterocycles. The third-order valence-electron chi connectivity index (χ3n) is 3.62. The van der Waals surface area contributed by atoms with E-state index in [1.54, 1.807) is 11.9 Å². The highest BCUT2D eigenvalue weighted by atomic mass is 16.4. The van der Waals surface area contributed by atoms with Crippen molar-refractivity contribution in [3.63, 3.8) is 0 Å². The van der Waals surface area contributed by atoms with Gasteiger partial charge >= 0.3 is 12.0 Å². The number of unbranched alkanes of at least 4 members (excludes halogenated alkanes) is 2. The van der Waals surface area contributed by atoms with Gasteiger partial charge in [-0.25, -0.2) is 9.59 Å². The van der Waals surface area contributed by atoms with Crippen LogP contribution < -0.4 is 0 Å². The zero-order valence-corrected chi connectivity index (χ0v) is 11.6. The quantitative estimate of drug-likeness (QED) is 0.766. The van der Waals surface area contributed by atoms with Crippen molar-refractivity contribution in [1.29, 1.82) is 0 Å². The standard InChI is InChI=1S/C13H24N2O3/c1-4-5-6-8-14(3)13(18)15-9-7-10(2)11(15)12(16)17/h10-11H,4-9H2,1-3H3,(H,16,17). The molecule has 0 aromatic carbocycles. The number of carboxylic acids is 1. The number of carbonyl (C=O) groups excluding carboxylic acids is 1. The lowest BCUT2D eigenvalue weighted by Gasteiger charge is -2.28. The van der Waals surface area contributed by atoms with Gasteiger partial charge in [-0.05, 0) is 18.8 Å². The van der Waals surface area contributed by atoms with Crippen molar-refractivity contribution in [3.8, 4) is 0 Å². The second-order valence-corrected chi connectivity index (χ2v) is 5.15. The number of urea groups is 1. The predicted molar refractivity (Wildman–Crippen MR) is 69.5 cm³/mol. The van der Waals surface area contributed by atoms with Gasteiger partial charge in [0.2, 0.25) is 0 Å². The summed E-state index contributed by atoms with van der Waals surface area (Å²) >= 11 is 0. The number of hydrogen-bond donors (Lipinski definition) is 1. The highest BCUT2D eigenvalue weighted by Crippen LogP contribution is 2.25. The van der Waals surface area contributed by atoms with Gasteiger partial charge in [0.1, 0.15) is 6.04 Å². The van der Waals surface area contributed by atoms with Gasteiger partial charge in [-0.3, -0.25) is 0 Å². The lowest BCUT2D eigenvalue weighted by Crippen LogP contribution is -2.48. The maximum absolute atomic E-state index is 12.2. The topological polar surface area (TPSA) is 60.9 Å². The molecule has 1 saturated heterocycles. The number of carboxylic acid groups (broad SMARTS) is 1. The Morgan fingerprint density at radius 1 is 1.39 bits per heavy atom. The van der Waals surface area contributed by atoms with Gasteiger partial charge in [0.25, 0.3) is 0 Å². The SMILES string of the molecule is CCCCCN(C)C(=O)N1CCC(C)C1C(=O)O. The molecule has 1 aliphatic heterocycles. The van der Waals surface area contributed by atoms with Crippen molar-refractivity contribution >= 4 is 12.0 Å². The van der Waals surface area contributed by atoms with Gasteiger partial charge < -0.3 is 14.9 Å². The van der Waals surface area contributed by atoms with E-state index >= 15 is 0 Å². The molecule has 18 heavy (non-hydrogen) atoms. The molecule has 2 amide bonds. The summed E-state index contributed by atoms with van der Waals surface area (Å²) in [6.07, 6.45) is 3.95. The molecule has 0 aliphatic carbocycles. The van der Waals surface area contributed by atoms with E-state index < -0.39 is 12.0 Å². The Bertz CT molecular complexity index is 307. The first-order valence-corrected chi connectivity index (χ1v) is 6.73. The Morgan fingerprint density at radius 2 is 2.06 bits per heavy atom. The lowest BCUT2D eigenvalue weighted by atomic mass is 10.0. The minimum Gasteiger partial charge on any atom is -0.480 e. The van der Waals surface area contributed by atoms with Crippen molar-refractivity contribution in [2.45, 2.75) is 45.6 Å². The van der Waals surface area contributed by atoms with Crippen LogP contribution in [0.25, 0.3) is 0 Å². The summed E-state index contributed by atoms with van der Waals surface area (Å²) < 4.78 is 0. The van der Waals surface area contributed by atoms with Gasteiger partial charge in [0.05, 0.1) is 0 Å². The molecule has 0 aromatic rings. The third-order valence-corrected chi connectivity index (χ3v) is 3.62. The zero-order chi connectivity index (χ0) is 13.7. The fourth-order valence-electron chi connectivity index (χ4n) is 2.45. The third kappa shape index (κ3) is 3.37. The summed E-state index contributed by atoms with van der Waals surface area (Å²) in [7, 11) is 1.75. The van der Waals surface area contributed by atoms with Gasteiger partial charge in [0, 0.05) is 20.1 Å². The molecular formula is C13H24N2O3. The largest absolute Gasteiger partial charge is 0.480 e. The monoisotopic (exact) mass is 256 g/mol. The highest BCUT2D eigenvalue weighted by Gasteiger charge is 2.40. The summed E-state index contributed by atoms with van der Waals surface area (Å²) in [6.45, 7) is 5.26. The molecule has 2 unspecified atom stereocenters. The van der Waals surface area contributed by atoms with Crippen LogP contribution in [0.1, 0.15) is 39.5 Å². The molecule has 1 N–H and O–H groups in total. The fraction of sp³-hybridized carbons (Fsp3) is 0.846. The molecule has 5 heteroatoms. The molecule has 1 rings (SSSR count). The summed E-state index contributed by atoms with van der Waals surface area (Å²) in [6, 6.07) is -0.811. The van der Waals surface area contributed by atoms with Crippen LogP contribution in [-0.2, 0) is 4.79 Å². The van der Waals surface area contributed by atoms with E-state index in [4.69, 9.17) is 0 Å². The summed E-state index contributed by atoms with van der Waals surface area (Å²) in [5.41, 5.74) is 0. The average Bonchev–Trinajstić information content (AvgIpc) is 2.70. The number of carbonyl (C=O) groups is 2. The van der Waals surface area contributed by atoms with E-state index in [0.717, 1.165) is 25.7 Å². The van der Waals surface area contributed by atoms with Crippen LogP contribution in [0.15, 0.2) is 0 Å². The molecule has 0 radical (unpaired) electrons. The second-order valence-electron chi connectivity index (χ2n) is 5.15. The normalized spacial score (nSPS) is 23.2. The number of likely N-dealkylation sites (tertiary alicyclic amines) is 1. The van der Waals surface area contributed by atoms with E-state index in [0.29, 0.717) is 13.1 Å². The first-order valence-electron chi connectivity index (χ1n) is 6.73. The van der Waals surface area contributed by atoms with Gasteiger partial charge in [-0.1, -0.05) is 26.7 Å². The summed E-state index contributed by atoms with van der Waals surface area (Å²) in [4.78, 5) is 26.5. The average molecular weight is 256 g/mol. The number of amides is 2. The maximum Gasteiger partial charge on any atom is 0.326 e. The van der Waals surface area contributed by atoms with Crippen LogP contribution in [0.3, 0.4) is 0 Å². The zero-order valence-electron chi connectivity index (χ0n) is 11.6. The van der Waals surface area contributed by atoms with Crippen LogP contribution in [0.2, 0.25) is 0 Å². The molecule has 0 saturated carbocycles. The predicted octanol–water partition coefficient (Wildman–Crippen LogP) is 2.02. The highest BCUT2D eigenvalue weighted by molar-refractivity contribution is 5.83. The van der Waals surface area contributed by atoms with Gasteiger partial charge in [-0.2, -0.15) is 0 Å². The Hall–Kier alpha value is -1.26. The van der Waals surface area contributed by atoms with Crippen molar-refractivity contribution < 1.29 is 14.7 Å². The lowest BCUT2D eigenvalue weighted by molar-refractivity contribution is -0.142. The van der Waals surface area contributed by atoms with Crippen LogP contribution in [0.5, 0.6) is 0 Å². The molecule has 1 heterocycles. The minimum absolute atomic E-state index is 0.0375. The number of hydrogen-bond acceptors (Lipinski definition) is 2. The molecule has 0 bridgehead atoms. The molecule has 104 valence electrons. The van der Waals surface area contributed by atoms with E-state index in [9.17, 15) is 14.7 Å². The van der Waals surface area contributed by atoms with Crippen molar-refractivity contribution in [3.05, 3.63) is 0 Å². The van der Waals surface area contributed by atoms with Crippen molar-refractivity contribution in [1.82, 2.24) is 9.80 Å². The molecule has 1 aliphatic rings. The Balaban J connectivity index is 2.57. The first-order chi connectivity index (χ1) is 8.49. The Labute approximate surface area is 109 Å². The first kappa shape index (κ1) is 14.8. The van der Waals surface area contributed by atoms with E-state index in [-0.39, 0.29) is 11.9 Å². The summed E-state index contributed by atoms with van der Waals surface area (Å²) in [5.74, 6) is -0.856. The van der Waals surface area contributed by atoms with Gasteiger partial charge in [0.15, 0.2) is 0 Å². The van der Waals surface area contributed by atoms with Crippen molar-refractivity contribution in [2.75, 3.05) is 20.1 Å². The van der Waals surface area contributed by atoms with E-state index in [2.05, 4.69) is 6.92 Å². The van der Waals surface area contributed by atoms with Gasteiger partial charge in [-0.15, -0.1) is 0 Å². The Morgan fingerprint density at radius 3 is 2.61 bits per heavy atom. The number of rotatable bonds is 5. The molecular weight excluding hydrogens is 232 g/mol. The van der Waals surface area contributed by atoms with Crippen LogP contribution in [0, 0.1) is 5.92 Å². The molecule has 0 spiro atoms. The summed E-state index contributed by atoms with van der Waals surface area (Å²) in [5, 5.41) is 9.19. The van der Waals surface area contributed by atoms with E-state index in [1.165, 1.54) is 4.90 Å². The van der Waals surface area contributed by atoms with Crippen LogP contribution >= 0.6 is 0 Å². The van der Waals surface area contributed by atoms with Crippen LogP contribution in [-0.4, -0.2) is 53.1 Å². The minimum atomic E-state index is -0.893.